The minimum Gasteiger partial charge on any atom is -0.396 e. The zero-order valence-electron chi connectivity index (χ0n) is 10.8. The molecule has 17 heavy (non-hydrogen) atoms. The lowest BCUT2D eigenvalue weighted by Crippen LogP contribution is -2.44. The van der Waals surface area contributed by atoms with Crippen LogP contribution in [0.5, 0.6) is 0 Å². The molecule has 6 heteroatoms. The van der Waals surface area contributed by atoms with Crippen molar-refractivity contribution in [2.45, 2.75) is 39.5 Å². The summed E-state index contributed by atoms with van der Waals surface area (Å²) in [5.41, 5.74) is -0.183. The summed E-state index contributed by atoms with van der Waals surface area (Å²) in [4.78, 5) is 0. The molecule has 0 aromatic carbocycles. The summed E-state index contributed by atoms with van der Waals surface area (Å²) in [5.74, 6) is 0. The van der Waals surface area contributed by atoms with Crippen LogP contribution in [0.3, 0.4) is 0 Å². The van der Waals surface area contributed by atoms with Gasteiger partial charge in [-0.25, -0.2) is 4.72 Å². The molecule has 0 unspecified atom stereocenters. The van der Waals surface area contributed by atoms with Gasteiger partial charge in [-0.1, -0.05) is 13.8 Å². The third kappa shape index (κ3) is 4.21. The largest absolute Gasteiger partial charge is 0.396 e. The van der Waals surface area contributed by atoms with Crippen molar-refractivity contribution in [3.8, 4) is 0 Å². The second kappa shape index (κ2) is 6.13. The summed E-state index contributed by atoms with van der Waals surface area (Å²) < 4.78 is 28.2. The maximum absolute atomic E-state index is 12.0. The highest BCUT2D eigenvalue weighted by atomic mass is 32.2. The number of rotatable bonds is 9. The zero-order valence-corrected chi connectivity index (χ0v) is 11.6. The highest BCUT2D eigenvalue weighted by molar-refractivity contribution is 7.87. The Balaban J connectivity index is 2.52. The summed E-state index contributed by atoms with van der Waals surface area (Å²) >= 11 is 0. The van der Waals surface area contributed by atoms with Gasteiger partial charge in [-0.15, -0.1) is 0 Å². The van der Waals surface area contributed by atoms with Gasteiger partial charge in [-0.2, -0.15) is 12.7 Å². The van der Waals surface area contributed by atoms with Gasteiger partial charge < -0.3 is 5.11 Å². The molecule has 0 heterocycles. The molecule has 0 amide bonds. The molecule has 0 radical (unpaired) electrons. The van der Waals surface area contributed by atoms with E-state index in [0.717, 1.165) is 25.7 Å². The number of hydrogen-bond donors (Lipinski definition) is 2. The molecule has 0 spiro atoms. The molecule has 1 rings (SSSR count). The van der Waals surface area contributed by atoms with Crippen LogP contribution in [0, 0.1) is 5.41 Å². The van der Waals surface area contributed by atoms with Crippen LogP contribution in [0.1, 0.15) is 39.5 Å². The van der Waals surface area contributed by atoms with Crippen LogP contribution >= 0.6 is 0 Å². The zero-order chi connectivity index (χ0) is 12.9. The Labute approximate surface area is 104 Å². The van der Waals surface area contributed by atoms with Gasteiger partial charge in [0.05, 0.1) is 0 Å². The lowest BCUT2D eigenvalue weighted by Gasteiger charge is -2.22. The molecule has 1 fully saturated rings. The third-order valence-electron chi connectivity index (χ3n) is 3.21. The Morgan fingerprint density at radius 2 is 1.76 bits per heavy atom. The van der Waals surface area contributed by atoms with E-state index in [-0.39, 0.29) is 12.0 Å². The first-order valence-corrected chi connectivity index (χ1v) is 7.79. The molecule has 1 aliphatic rings. The van der Waals surface area contributed by atoms with Crippen LogP contribution in [0.4, 0.5) is 0 Å². The van der Waals surface area contributed by atoms with Gasteiger partial charge in [0.25, 0.3) is 10.2 Å². The van der Waals surface area contributed by atoms with Gasteiger partial charge in [0.15, 0.2) is 0 Å². The lowest BCUT2D eigenvalue weighted by atomic mass is 10.1. The number of hydrogen-bond acceptors (Lipinski definition) is 3. The molecule has 0 aliphatic heterocycles. The Bertz CT molecular complexity index is 320. The van der Waals surface area contributed by atoms with E-state index in [1.807, 2.05) is 13.8 Å². The van der Waals surface area contributed by atoms with Crippen molar-refractivity contribution in [2.75, 3.05) is 26.2 Å². The van der Waals surface area contributed by atoms with E-state index in [2.05, 4.69) is 4.72 Å². The van der Waals surface area contributed by atoms with Gasteiger partial charge in [0.2, 0.25) is 0 Å². The Kier molecular flexibility index (Phi) is 5.37. The van der Waals surface area contributed by atoms with Gasteiger partial charge in [0, 0.05) is 31.7 Å². The van der Waals surface area contributed by atoms with E-state index >= 15 is 0 Å². The lowest BCUT2D eigenvalue weighted by molar-refractivity contribution is 0.212. The average Bonchev–Trinajstić information content (AvgIpc) is 3.07. The smallest absolute Gasteiger partial charge is 0.279 e. The second-order valence-electron chi connectivity index (χ2n) is 4.88. The molecule has 0 aromatic heterocycles. The first kappa shape index (κ1) is 14.9. The standard InChI is InChI=1S/C11H24N2O3S/c1-3-7-13(8-4-2)17(15,16)12-9-11(10-14)5-6-11/h12,14H,3-10H2,1-2H3. The molecular weight excluding hydrogens is 240 g/mol. The molecule has 0 atom stereocenters. The summed E-state index contributed by atoms with van der Waals surface area (Å²) in [6.07, 6.45) is 3.44. The maximum Gasteiger partial charge on any atom is 0.279 e. The highest BCUT2D eigenvalue weighted by Gasteiger charge is 2.42. The molecule has 1 aliphatic carbocycles. The number of nitrogens with zero attached hydrogens (tertiary/aromatic N) is 1. The topological polar surface area (TPSA) is 69.6 Å². The monoisotopic (exact) mass is 264 g/mol. The Hall–Kier alpha value is -0.170. The second-order valence-corrected chi connectivity index (χ2v) is 6.64. The van der Waals surface area contributed by atoms with Crippen LogP contribution in [-0.2, 0) is 10.2 Å². The van der Waals surface area contributed by atoms with Gasteiger partial charge in [0.1, 0.15) is 0 Å². The highest BCUT2D eigenvalue weighted by Crippen LogP contribution is 2.44. The predicted octanol–water partition coefficient (Wildman–Crippen LogP) is 0.715. The van der Waals surface area contributed by atoms with Crippen molar-refractivity contribution in [1.29, 1.82) is 0 Å². The normalized spacial score (nSPS) is 18.6. The van der Waals surface area contributed by atoms with E-state index < -0.39 is 10.2 Å². The van der Waals surface area contributed by atoms with Gasteiger partial charge in [-0.05, 0) is 25.7 Å². The number of nitrogens with one attached hydrogen (secondary N) is 1. The molecule has 1 saturated carbocycles. The summed E-state index contributed by atoms with van der Waals surface area (Å²) in [6.45, 7) is 5.46. The van der Waals surface area contributed by atoms with E-state index in [1.54, 1.807) is 0 Å². The molecule has 2 N–H and O–H groups in total. The van der Waals surface area contributed by atoms with Crippen LogP contribution in [-0.4, -0.2) is 44.1 Å². The van der Waals surface area contributed by atoms with Crippen molar-refractivity contribution in [3.05, 3.63) is 0 Å². The van der Waals surface area contributed by atoms with E-state index in [1.165, 1.54) is 4.31 Å². The Morgan fingerprint density at radius 3 is 2.12 bits per heavy atom. The van der Waals surface area contributed by atoms with Crippen molar-refractivity contribution in [1.82, 2.24) is 9.03 Å². The fourth-order valence-electron chi connectivity index (χ4n) is 1.75. The number of aliphatic hydroxyl groups excluding tert-OH is 1. The summed E-state index contributed by atoms with van der Waals surface area (Å²) in [7, 11) is -3.38. The molecular formula is C11H24N2O3S. The van der Waals surface area contributed by atoms with E-state index in [4.69, 9.17) is 5.11 Å². The average molecular weight is 264 g/mol. The van der Waals surface area contributed by atoms with E-state index in [9.17, 15) is 8.42 Å². The van der Waals surface area contributed by atoms with Crippen LogP contribution in [0.2, 0.25) is 0 Å². The minimum atomic E-state index is -3.38. The third-order valence-corrected chi connectivity index (χ3v) is 4.76. The first-order chi connectivity index (χ1) is 7.99. The van der Waals surface area contributed by atoms with Crippen LogP contribution < -0.4 is 4.72 Å². The van der Waals surface area contributed by atoms with Crippen molar-refractivity contribution in [3.63, 3.8) is 0 Å². The minimum absolute atomic E-state index is 0.0665. The molecule has 0 aromatic rings. The van der Waals surface area contributed by atoms with Gasteiger partial charge >= 0.3 is 0 Å². The molecule has 0 saturated heterocycles. The molecule has 0 bridgehead atoms. The van der Waals surface area contributed by atoms with Gasteiger partial charge in [-0.3, -0.25) is 0 Å². The SMILES string of the molecule is CCCN(CCC)S(=O)(=O)NCC1(CO)CC1. The first-order valence-electron chi connectivity index (χ1n) is 6.35. The van der Waals surface area contributed by atoms with Crippen LogP contribution in [0.15, 0.2) is 0 Å². The van der Waals surface area contributed by atoms with Crippen molar-refractivity contribution >= 4 is 10.2 Å². The van der Waals surface area contributed by atoms with Crippen LogP contribution in [0.25, 0.3) is 0 Å². The summed E-state index contributed by atoms with van der Waals surface area (Å²) in [6, 6.07) is 0. The predicted molar refractivity (Wildman–Crippen MR) is 67.8 cm³/mol. The fourth-order valence-corrected chi connectivity index (χ4v) is 3.27. The quantitative estimate of drug-likeness (QED) is 0.644. The maximum atomic E-state index is 12.0. The Morgan fingerprint density at radius 1 is 1.24 bits per heavy atom. The van der Waals surface area contributed by atoms with E-state index in [0.29, 0.717) is 19.6 Å². The molecule has 5 nitrogen and oxygen atoms in total. The number of aliphatic hydroxyl groups is 1. The molecule has 102 valence electrons. The van der Waals surface area contributed by atoms with Crippen molar-refractivity contribution in [2.24, 2.45) is 5.41 Å². The van der Waals surface area contributed by atoms with Crippen molar-refractivity contribution < 1.29 is 13.5 Å². The summed E-state index contributed by atoms with van der Waals surface area (Å²) in [5, 5.41) is 9.15. The fraction of sp³-hybridized carbons (Fsp3) is 1.00.